The van der Waals surface area contributed by atoms with Crippen molar-refractivity contribution in [2.45, 2.75) is 25.5 Å². The molecule has 1 aliphatic heterocycles. The van der Waals surface area contributed by atoms with E-state index in [2.05, 4.69) is 0 Å². The molecule has 0 unspecified atom stereocenters. The number of ether oxygens (including phenoxy) is 1. The summed E-state index contributed by atoms with van der Waals surface area (Å²) in [5.74, 6) is 0.758. The molecule has 26 heavy (non-hydrogen) atoms. The van der Waals surface area contributed by atoms with Gasteiger partial charge in [-0.05, 0) is 55.5 Å². The van der Waals surface area contributed by atoms with Crippen molar-refractivity contribution < 1.29 is 17.5 Å². The molecule has 2 aromatic carbocycles. The number of sulfonamides is 1. The van der Waals surface area contributed by atoms with Crippen LogP contribution < -0.4 is 4.74 Å². The highest BCUT2D eigenvalue weighted by molar-refractivity contribution is 7.88. The summed E-state index contributed by atoms with van der Waals surface area (Å²) in [7, 11) is -3.37. The van der Waals surface area contributed by atoms with Gasteiger partial charge in [-0.3, -0.25) is 0 Å². The van der Waals surface area contributed by atoms with Gasteiger partial charge in [0.15, 0.2) is 0 Å². The minimum Gasteiger partial charge on any atom is -0.493 e. The van der Waals surface area contributed by atoms with Crippen molar-refractivity contribution in [3.05, 3.63) is 65.5 Å². The van der Waals surface area contributed by atoms with Crippen LogP contribution in [0.5, 0.6) is 5.75 Å². The highest BCUT2D eigenvalue weighted by Gasteiger charge is 2.28. The highest BCUT2D eigenvalue weighted by Crippen LogP contribution is 2.23. The molecule has 140 valence electrons. The first-order chi connectivity index (χ1) is 12.4. The lowest BCUT2D eigenvalue weighted by atomic mass is 9.99. The molecule has 2 aromatic rings. The Morgan fingerprint density at radius 2 is 1.65 bits per heavy atom. The largest absolute Gasteiger partial charge is 0.493 e. The average molecular weight is 377 g/mol. The molecular weight excluding hydrogens is 353 g/mol. The van der Waals surface area contributed by atoms with E-state index in [-0.39, 0.29) is 11.6 Å². The van der Waals surface area contributed by atoms with Crippen LogP contribution in [0.15, 0.2) is 48.5 Å². The summed E-state index contributed by atoms with van der Waals surface area (Å²) in [6, 6.07) is 13.6. The summed E-state index contributed by atoms with van der Waals surface area (Å²) in [6.45, 7) is 3.65. The molecule has 1 heterocycles. The molecule has 0 atom stereocenters. The summed E-state index contributed by atoms with van der Waals surface area (Å²) >= 11 is 0. The normalized spacial score (nSPS) is 16.5. The van der Waals surface area contributed by atoms with Gasteiger partial charge in [0.05, 0.1) is 12.4 Å². The molecule has 6 heteroatoms. The lowest BCUT2D eigenvalue weighted by Gasteiger charge is -2.31. The Labute approximate surface area is 154 Å². The fourth-order valence-corrected chi connectivity index (χ4v) is 4.65. The first-order valence-corrected chi connectivity index (χ1v) is 10.4. The van der Waals surface area contributed by atoms with E-state index in [0.29, 0.717) is 31.2 Å². The molecule has 1 saturated heterocycles. The maximum absolute atomic E-state index is 13.0. The Morgan fingerprint density at radius 1 is 1.04 bits per heavy atom. The van der Waals surface area contributed by atoms with Gasteiger partial charge in [0.1, 0.15) is 11.6 Å². The van der Waals surface area contributed by atoms with Gasteiger partial charge in [-0.2, -0.15) is 0 Å². The Balaban J connectivity index is 1.49. The summed E-state index contributed by atoms with van der Waals surface area (Å²) in [6.07, 6.45) is 1.57. The molecule has 1 aliphatic rings. The fourth-order valence-electron chi connectivity index (χ4n) is 3.09. The van der Waals surface area contributed by atoms with Crippen LogP contribution in [0.25, 0.3) is 0 Å². The summed E-state index contributed by atoms with van der Waals surface area (Å²) in [5, 5.41) is 0. The molecule has 3 rings (SSSR count). The number of hydrogen-bond acceptors (Lipinski definition) is 3. The second-order valence-electron chi connectivity index (χ2n) is 6.85. The van der Waals surface area contributed by atoms with Crippen LogP contribution in [0.1, 0.15) is 24.0 Å². The Bertz CT molecular complexity index is 811. The van der Waals surface area contributed by atoms with Gasteiger partial charge in [-0.1, -0.05) is 29.8 Å². The van der Waals surface area contributed by atoms with Gasteiger partial charge in [0.25, 0.3) is 0 Å². The van der Waals surface area contributed by atoms with Crippen molar-refractivity contribution in [1.29, 1.82) is 0 Å². The lowest BCUT2D eigenvalue weighted by molar-refractivity contribution is 0.185. The molecule has 0 aromatic heterocycles. The predicted octanol–water partition coefficient (Wildman–Crippen LogP) is 3.75. The number of benzene rings is 2. The van der Waals surface area contributed by atoms with E-state index < -0.39 is 10.0 Å². The fraction of sp³-hybridized carbons (Fsp3) is 0.400. The number of nitrogens with zero attached hydrogens (tertiary/aromatic N) is 1. The predicted molar refractivity (Wildman–Crippen MR) is 100.0 cm³/mol. The third-order valence-corrected chi connectivity index (χ3v) is 6.59. The molecule has 4 nitrogen and oxygen atoms in total. The standard InChI is InChI=1S/C20H24FNO3S/c1-16-2-8-20(9-3-16)25-14-17-10-12-22(13-11-17)26(23,24)15-18-4-6-19(21)7-5-18/h2-9,17H,10-15H2,1H3. The molecule has 1 fully saturated rings. The van der Waals surface area contributed by atoms with Crippen molar-refractivity contribution in [2.24, 2.45) is 5.92 Å². The van der Waals surface area contributed by atoms with E-state index >= 15 is 0 Å². The van der Waals surface area contributed by atoms with Gasteiger partial charge in [0.2, 0.25) is 10.0 Å². The minimum absolute atomic E-state index is 0.0855. The molecule has 0 spiro atoms. The number of aryl methyl sites for hydroxylation is 1. The number of hydrogen-bond donors (Lipinski definition) is 0. The van der Waals surface area contributed by atoms with Gasteiger partial charge in [-0.25, -0.2) is 17.1 Å². The third-order valence-electron chi connectivity index (χ3n) is 4.74. The third kappa shape index (κ3) is 5.05. The van der Waals surface area contributed by atoms with Crippen molar-refractivity contribution in [2.75, 3.05) is 19.7 Å². The van der Waals surface area contributed by atoms with E-state index in [0.717, 1.165) is 18.6 Å². The van der Waals surface area contributed by atoms with Crippen molar-refractivity contribution in [3.63, 3.8) is 0 Å². The number of piperidine rings is 1. The van der Waals surface area contributed by atoms with Crippen LogP contribution in [0.4, 0.5) is 4.39 Å². The quantitative estimate of drug-likeness (QED) is 0.770. The van der Waals surface area contributed by atoms with Gasteiger partial charge < -0.3 is 4.74 Å². The Hall–Kier alpha value is -1.92. The number of halogens is 1. The van der Waals surface area contributed by atoms with Crippen LogP contribution in [-0.4, -0.2) is 32.4 Å². The molecule has 0 bridgehead atoms. The zero-order valence-electron chi connectivity index (χ0n) is 14.9. The Morgan fingerprint density at radius 3 is 2.27 bits per heavy atom. The minimum atomic E-state index is -3.37. The maximum atomic E-state index is 13.0. The molecule has 0 saturated carbocycles. The summed E-state index contributed by atoms with van der Waals surface area (Å²) in [5.41, 5.74) is 1.80. The van der Waals surface area contributed by atoms with Crippen molar-refractivity contribution in [1.82, 2.24) is 4.31 Å². The van der Waals surface area contributed by atoms with Crippen molar-refractivity contribution >= 4 is 10.0 Å². The second-order valence-corrected chi connectivity index (χ2v) is 8.82. The topological polar surface area (TPSA) is 46.6 Å². The highest BCUT2D eigenvalue weighted by atomic mass is 32.2. The summed E-state index contributed by atoms with van der Waals surface area (Å²) in [4.78, 5) is 0. The monoisotopic (exact) mass is 377 g/mol. The van der Waals surface area contributed by atoms with E-state index in [1.165, 1.54) is 29.8 Å². The van der Waals surface area contributed by atoms with Crippen LogP contribution >= 0.6 is 0 Å². The first kappa shape index (κ1) is 18.9. The first-order valence-electron chi connectivity index (χ1n) is 8.84. The number of rotatable bonds is 6. The van der Waals surface area contributed by atoms with Crippen LogP contribution in [-0.2, 0) is 15.8 Å². The van der Waals surface area contributed by atoms with Crippen molar-refractivity contribution in [3.8, 4) is 5.75 Å². The zero-order valence-corrected chi connectivity index (χ0v) is 15.7. The molecule has 0 amide bonds. The molecule has 0 radical (unpaired) electrons. The van der Waals surface area contributed by atoms with Crippen LogP contribution in [0.2, 0.25) is 0 Å². The molecule has 0 aliphatic carbocycles. The smallest absolute Gasteiger partial charge is 0.218 e. The molecule has 0 N–H and O–H groups in total. The van der Waals surface area contributed by atoms with E-state index in [4.69, 9.17) is 4.74 Å². The summed E-state index contributed by atoms with van der Waals surface area (Å²) < 4.78 is 45.4. The average Bonchev–Trinajstić information content (AvgIpc) is 2.63. The van der Waals surface area contributed by atoms with E-state index in [1.807, 2.05) is 31.2 Å². The SMILES string of the molecule is Cc1ccc(OCC2CCN(S(=O)(=O)Cc3ccc(F)cc3)CC2)cc1. The maximum Gasteiger partial charge on any atom is 0.218 e. The zero-order chi connectivity index (χ0) is 18.6. The van der Waals surface area contributed by atoms with Crippen LogP contribution in [0.3, 0.4) is 0 Å². The van der Waals surface area contributed by atoms with Gasteiger partial charge in [0, 0.05) is 13.1 Å². The Kier molecular flexibility index (Phi) is 5.94. The second kappa shape index (κ2) is 8.18. The van der Waals surface area contributed by atoms with E-state index in [9.17, 15) is 12.8 Å². The van der Waals surface area contributed by atoms with E-state index in [1.54, 1.807) is 4.31 Å². The van der Waals surface area contributed by atoms with Gasteiger partial charge >= 0.3 is 0 Å². The lowest BCUT2D eigenvalue weighted by Crippen LogP contribution is -2.40. The molecular formula is C20H24FNO3S. The van der Waals surface area contributed by atoms with Crippen LogP contribution in [0, 0.1) is 18.7 Å². The van der Waals surface area contributed by atoms with Gasteiger partial charge in [-0.15, -0.1) is 0 Å².